The van der Waals surface area contributed by atoms with Crippen LogP contribution in [0.15, 0.2) is 16.3 Å². The third-order valence-electron chi connectivity index (χ3n) is 2.23. The Morgan fingerprint density at radius 2 is 2.18 bits per heavy atom. The second kappa shape index (κ2) is 5.65. The molecule has 6 heteroatoms. The molecule has 0 amide bonds. The Morgan fingerprint density at radius 3 is 2.59 bits per heavy atom. The fraction of sp³-hybridized carbons (Fsp3) is 0.455. The highest BCUT2D eigenvalue weighted by molar-refractivity contribution is 7.91. The summed E-state index contributed by atoms with van der Waals surface area (Å²) in [6.07, 6.45) is 5.30. The topological polar surface area (TPSA) is 72.2 Å². The van der Waals surface area contributed by atoms with Crippen LogP contribution in [0.1, 0.15) is 18.7 Å². The number of hydrogen-bond donors (Lipinski definition) is 2. The Bertz CT molecular complexity index is 512. The summed E-state index contributed by atoms with van der Waals surface area (Å²) in [6, 6.07) is 2.76. The van der Waals surface area contributed by atoms with Crippen LogP contribution in [0.2, 0.25) is 0 Å². The van der Waals surface area contributed by atoms with Gasteiger partial charge in [0.25, 0.3) is 10.0 Å². The molecule has 0 radical (unpaired) electrons. The molecule has 1 unspecified atom stereocenters. The summed E-state index contributed by atoms with van der Waals surface area (Å²) in [5.41, 5.74) is 5.44. The van der Waals surface area contributed by atoms with Crippen LogP contribution in [0.5, 0.6) is 0 Å². The minimum Gasteiger partial charge on any atom is -0.326 e. The first-order valence-corrected chi connectivity index (χ1v) is 7.48. The fourth-order valence-corrected chi connectivity index (χ4v) is 3.76. The Balaban J connectivity index is 2.93. The van der Waals surface area contributed by atoms with E-state index in [2.05, 4.69) is 10.6 Å². The monoisotopic (exact) mass is 272 g/mol. The summed E-state index contributed by atoms with van der Waals surface area (Å²) >= 11 is 1.16. The van der Waals surface area contributed by atoms with Gasteiger partial charge in [-0.25, -0.2) is 8.42 Å². The van der Waals surface area contributed by atoms with E-state index >= 15 is 0 Å². The number of nitrogens with two attached hydrogens (primary N) is 1. The van der Waals surface area contributed by atoms with E-state index in [1.807, 2.05) is 13.8 Å². The molecule has 0 aliphatic carbocycles. The van der Waals surface area contributed by atoms with Crippen molar-refractivity contribution in [2.75, 3.05) is 0 Å². The smallest absolute Gasteiger partial charge is 0.251 e. The van der Waals surface area contributed by atoms with Crippen molar-refractivity contribution < 1.29 is 8.42 Å². The van der Waals surface area contributed by atoms with Crippen molar-refractivity contribution in [2.45, 2.75) is 30.6 Å². The van der Waals surface area contributed by atoms with Crippen LogP contribution in [0, 0.1) is 18.3 Å². The van der Waals surface area contributed by atoms with Gasteiger partial charge in [0.1, 0.15) is 4.21 Å². The summed E-state index contributed by atoms with van der Waals surface area (Å²) in [4.78, 5) is 0.826. The maximum Gasteiger partial charge on any atom is 0.251 e. The molecule has 0 spiro atoms. The van der Waals surface area contributed by atoms with Crippen molar-refractivity contribution in [3.63, 3.8) is 0 Å². The van der Waals surface area contributed by atoms with Crippen molar-refractivity contribution >= 4 is 21.4 Å². The van der Waals surface area contributed by atoms with Gasteiger partial charge in [-0.3, -0.25) is 0 Å². The number of nitrogens with one attached hydrogen (secondary N) is 1. The van der Waals surface area contributed by atoms with Gasteiger partial charge in [-0.15, -0.1) is 17.8 Å². The molecule has 0 aliphatic heterocycles. The molecule has 0 aliphatic rings. The number of sulfonamides is 1. The van der Waals surface area contributed by atoms with Crippen LogP contribution in [-0.2, 0) is 16.6 Å². The van der Waals surface area contributed by atoms with Crippen LogP contribution in [-0.4, -0.2) is 14.5 Å². The maximum absolute atomic E-state index is 12.0. The molecule has 1 aromatic rings. The molecule has 1 rings (SSSR count). The molecule has 0 saturated carbocycles. The van der Waals surface area contributed by atoms with Gasteiger partial charge in [0.05, 0.1) is 6.04 Å². The molecule has 1 aromatic heterocycles. The molecule has 94 valence electrons. The highest BCUT2D eigenvalue weighted by Crippen LogP contribution is 2.21. The largest absolute Gasteiger partial charge is 0.326 e. The van der Waals surface area contributed by atoms with Gasteiger partial charge in [-0.05, 0) is 18.1 Å². The highest BCUT2D eigenvalue weighted by Gasteiger charge is 2.22. The SMILES string of the molecule is C#CC(NS(=O)(=O)c1ccc(CN)s1)C(C)C. The van der Waals surface area contributed by atoms with Crippen molar-refractivity contribution in [3.05, 3.63) is 17.0 Å². The molecule has 0 aromatic carbocycles. The minimum absolute atomic E-state index is 0.0451. The van der Waals surface area contributed by atoms with E-state index in [-0.39, 0.29) is 10.1 Å². The Hall–Kier alpha value is -0.870. The van der Waals surface area contributed by atoms with E-state index in [9.17, 15) is 8.42 Å². The fourth-order valence-electron chi connectivity index (χ4n) is 1.20. The lowest BCUT2D eigenvalue weighted by Crippen LogP contribution is -2.36. The maximum atomic E-state index is 12.0. The zero-order chi connectivity index (χ0) is 13.1. The number of terminal acetylenes is 1. The summed E-state index contributed by atoms with van der Waals surface area (Å²) in [7, 11) is -3.54. The second-order valence-electron chi connectivity index (χ2n) is 3.93. The van der Waals surface area contributed by atoms with Crippen molar-refractivity contribution in [3.8, 4) is 12.3 Å². The van der Waals surface area contributed by atoms with Crippen LogP contribution < -0.4 is 10.5 Å². The van der Waals surface area contributed by atoms with Gasteiger partial charge >= 0.3 is 0 Å². The third-order valence-corrected chi connectivity index (χ3v) is 5.27. The third kappa shape index (κ3) is 3.54. The van der Waals surface area contributed by atoms with Gasteiger partial charge in [0.15, 0.2) is 0 Å². The van der Waals surface area contributed by atoms with Crippen molar-refractivity contribution in [2.24, 2.45) is 11.7 Å². The first-order chi connectivity index (χ1) is 7.90. The van der Waals surface area contributed by atoms with Gasteiger partial charge in [0.2, 0.25) is 0 Å². The quantitative estimate of drug-likeness (QED) is 0.790. The minimum atomic E-state index is -3.54. The summed E-state index contributed by atoms with van der Waals surface area (Å²) in [5, 5.41) is 0. The molecule has 17 heavy (non-hydrogen) atoms. The normalized spacial score (nSPS) is 13.6. The first kappa shape index (κ1) is 14.2. The van der Waals surface area contributed by atoms with Crippen LogP contribution in [0.25, 0.3) is 0 Å². The van der Waals surface area contributed by atoms with Gasteiger partial charge < -0.3 is 5.73 Å². The lowest BCUT2D eigenvalue weighted by molar-refractivity contribution is 0.519. The molecule has 3 N–H and O–H groups in total. The molecule has 1 heterocycles. The van der Waals surface area contributed by atoms with E-state index < -0.39 is 16.1 Å². The summed E-state index contributed by atoms with van der Waals surface area (Å²) in [6.45, 7) is 4.07. The molecule has 4 nitrogen and oxygen atoms in total. The standard InChI is InChI=1S/C11H16N2O2S2/c1-4-10(8(2)3)13-17(14,15)11-6-5-9(7-12)16-11/h1,5-6,8,10,13H,7,12H2,2-3H3. The van der Waals surface area contributed by atoms with E-state index in [0.717, 1.165) is 16.2 Å². The van der Waals surface area contributed by atoms with Gasteiger partial charge in [-0.1, -0.05) is 19.8 Å². The lowest BCUT2D eigenvalue weighted by Gasteiger charge is -2.15. The molecule has 0 bridgehead atoms. The number of thiophene rings is 1. The zero-order valence-corrected chi connectivity index (χ0v) is 11.4. The first-order valence-electron chi connectivity index (χ1n) is 5.18. The predicted octanol–water partition coefficient (Wildman–Crippen LogP) is 1.14. The summed E-state index contributed by atoms with van der Waals surface area (Å²) < 4.78 is 26.7. The van der Waals surface area contributed by atoms with Crippen molar-refractivity contribution in [1.82, 2.24) is 4.72 Å². The van der Waals surface area contributed by atoms with E-state index in [1.165, 1.54) is 0 Å². The van der Waals surface area contributed by atoms with Gasteiger partial charge in [-0.2, -0.15) is 4.72 Å². The van der Waals surface area contributed by atoms with E-state index in [4.69, 9.17) is 12.2 Å². The Morgan fingerprint density at radius 1 is 1.53 bits per heavy atom. The average Bonchev–Trinajstić information content (AvgIpc) is 2.74. The molecule has 1 atom stereocenters. The highest BCUT2D eigenvalue weighted by atomic mass is 32.2. The van der Waals surface area contributed by atoms with Gasteiger partial charge in [0, 0.05) is 11.4 Å². The van der Waals surface area contributed by atoms with E-state index in [1.54, 1.807) is 12.1 Å². The van der Waals surface area contributed by atoms with E-state index in [0.29, 0.717) is 6.54 Å². The summed E-state index contributed by atoms with van der Waals surface area (Å²) in [5.74, 6) is 2.48. The second-order valence-corrected chi connectivity index (χ2v) is 7.04. The average molecular weight is 272 g/mol. The predicted molar refractivity (Wildman–Crippen MR) is 70.0 cm³/mol. The van der Waals surface area contributed by atoms with Crippen LogP contribution in [0.3, 0.4) is 0 Å². The van der Waals surface area contributed by atoms with Crippen LogP contribution >= 0.6 is 11.3 Å². The van der Waals surface area contributed by atoms with Crippen molar-refractivity contribution in [1.29, 1.82) is 0 Å². The Labute approximate surface area is 106 Å². The lowest BCUT2D eigenvalue weighted by atomic mass is 10.1. The molecular formula is C11H16N2O2S2. The Kier molecular flexibility index (Phi) is 4.71. The molecular weight excluding hydrogens is 256 g/mol. The molecule has 0 fully saturated rings. The molecule has 0 saturated heterocycles. The van der Waals surface area contributed by atoms with Crippen LogP contribution in [0.4, 0.5) is 0 Å². The number of rotatable bonds is 5. The number of hydrogen-bond acceptors (Lipinski definition) is 4. The zero-order valence-electron chi connectivity index (χ0n) is 9.80.